The number of piperidine rings is 1. The van der Waals surface area contributed by atoms with Crippen molar-refractivity contribution in [3.8, 4) is 0 Å². The van der Waals surface area contributed by atoms with E-state index in [-0.39, 0.29) is 16.8 Å². The van der Waals surface area contributed by atoms with Crippen LogP contribution in [0.25, 0.3) is 0 Å². The predicted molar refractivity (Wildman–Crippen MR) is 188 cm³/mol. The molecule has 4 aromatic rings. The Labute approximate surface area is 288 Å². The Morgan fingerprint density at radius 1 is 0.939 bits per heavy atom. The molecule has 1 radical (unpaired) electrons. The van der Waals surface area contributed by atoms with Gasteiger partial charge in [0.25, 0.3) is 11.8 Å². The van der Waals surface area contributed by atoms with Gasteiger partial charge in [0.15, 0.2) is 0 Å². The summed E-state index contributed by atoms with van der Waals surface area (Å²) in [6.45, 7) is 2.89. The number of alkyl halides is 3. The summed E-state index contributed by atoms with van der Waals surface area (Å²) in [5, 5.41) is 15.5. The van der Waals surface area contributed by atoms with Crippen molar-refractivity contribution in [3.05, 3.63) is 123 Å². The molecule has 13 heteroatoms. The van der Waals surface area contributed by atoms with Crippen LogP contribution in [0, 0.1) is 0 Å². The number of hydrogen-bond donors (Lipinski definition) is 3. The molecule has 0 spiro atoms. The number of rotatable bonds is 11. The fourth-order valence-corrected chi connectivity index (χ4v) is 5.86. The predicted octanol–water partition coefficient (Wildman–Crippen LogP) is 6.23. The van der Waals surface area contributed by atoms with Crippen LogP contribution in [0.4, 0.5) is 24.5 Å². The van der Waals surface area contributed by atoms with Crippen molar-refractivity contribution in [1.82, 2.24) is 10.3 Å². The van der Waals surface area contributed by atoms with Gasteiger partial charge in [-0.25, -0.2) is 5.43 Å². The first-order valence-corrected chi connectivity index (χ1v) is 16.1. The zero-order valence-corrected chi connectivity index (χ0v) is 27.6. The van der Waals surface area contributed by atoms with Gasteiger partial charge in [-0.3, -0.25) is 14.5 Å². The fourth-order valence-electron chi connectivity index (χ4n) is 5.64. The van der Waals surface area contributed by atoms with Crippen LogP contribution in [0.3, 0.4) is 0 Å². The quantitative estimate of drug-likeness (QED) is 0.0986. The standard InChI is InChI=1S/C36H35BClF3N5O3/c1-45(22-24-8-11-28(37-49)12-9-24)23-26-6-5-7-27(18-26)34(47)43-33-15-13-29(46-16-3-2-4-17-46)20-30(33)35(48)44-42-21-25-10-14-32(38)31(19-25)36(39,40)41/h5-15,18-21,49H,2-4,16-17,22-23H2,1H3,(H,43,47)(H,44,48)/b42-21+. The van der Waals surface area contributed by atoms with E-state index in [1.54, 1.807) is 30.3 Å². The average Bonchev–Trinajstić information content (AvgIpc) is 3.09. The molecule has 1 saturated heterocycles. The lowest BCUT2D eigenvalue weighted by atomic mass is 9.88. The van der Waals surface area contributed by atoms with Crippen molar-refractivity contribution in [1.29, 1.82) is 0 Å². The maximum absolute atomic E-state index is 13.5. The second-order valence-corrected chi connectivity index (χ2v) is 12.3. The van der Waals surface area contributed by atoms with E-state index in [0.717, 1.165) is 80.5 Å². The van der Waals surface area contributed by atoms with Crippen LogP contribution in [0.1, 0.15) is 62.2 Å². The molecule has 2 amide bonds. The summed E-state index contributed by atoms with van der Waals surface area (Å²) in [6, 6.07) is 23.3. The van der Waals surface area contributed by atoms with Gasteiger partial charge < -0.3 is 15.2 Å². The lowest BCUT2D eigenvalue weighted by Gasteiger charge is -2.29. The van der Waals surface area contributed by atoms with Gasteiger partial charge in [-0.15, -0.1) is 0 Å². The van der Waals surface area contributed by atoms with Gasteiger partial charge >= 0.3 is 13.7 Å². The monoisotopic (exact) mass is 688 g/mol. The summed E-state index contributed by atoms with van der Waals surface area (Å²) in [5.41, 5.74) is 5.82. The smallest absolute Gasteiger partial charge is 0.417 e. The summed E-state index contributed by atoms with van der Waals surface area (Å²) in [7, 11) is 3.02. The Kier molecular flexibility index (Phi) is 11.8. The fraction of sp³-hybridized carbons (Fsp3) is 0.250. The molecule has 49 heavy (non-hydrogen) atoms. The highest BCUT2D eigenvalue weighted by atomic mass is 35.5. The molecule has 0 unspecified atom stereocenters. The number of carbonyl (C=O) groups excluding carboxylic acids is 2. The van der Waals surface area contributed by atoms with Crippen LogP contribution in [0.5, 0.6) is 0 Å². The number of benzene rings is 4. The maximum atomic E-state index is 13.5. The Morgan fingerprint density at radius 3 is 2.39 bits per heavy atom. The molecule has 1 aliphatic heterocycles. The van der Waals surface area contributed by atoms with E-state index < -0.39 is 28.6 Å². The Morgan fingerprint density at radius 2 is 1.67 bits per heavy atom. The van der Waals surface area contributed by atoms with E-state index in [1.807, 2.05) is 43.4 Å². The first-order chi connectivity index (χ1) is 23.5. The molecule has 4 aromatic carbocycles. The van der Waals surface area contributed by atoms with Crippen molar-refractivity contribution in [2.75, 3.05) is 30.4 Å². The molecule has 0 aliphatic carbocycles. The highest BCUT2D eigenvalue weighted by Gasteiger charge is 2.33. The summed E-state index contributed by atoms with van der Waals surface area (Å²) in [4.78, 5) is 31.2. The van der Waals surface area contributed by atoms with E-state index >= 15 is 0 Å². The SMILES string of the molecule is CN(Cc1ccc([B]O)cc1)Cc1cccc(C(=O)Nc2ccc(N3CCCCC3)cc2C(=O)N/N=C/c2ccc(Cl)c(C(F)(F)F)c2)c1. The number of anilines is 2. The lowest BCUT2D eigenvalue weighted by Crippen LogP contribution is -2.30. The van der Waals surface area contributed by atoms with Crippen LogP contribution in [-0.4, -0.2) is 55.6 Å². The Balaban J connectivity index is 1.31. The largest absolute Gasteiger partial charge is 0.450 e. The van der Waals surface area contributed by atoms with E-state index in [0.29, 0.717) is 18.7 Å². The molecule has 0 aromatic heterocycles. The van der Waals surface area contributed by atoms with Gasteiger partial charge in [0.1, 0.15) is 0 Å². The van der Waals surface area contributed by atoms with Gasteiger partial charge in [-0.05, 0) is 85.5 Å². The van der Waals surface area contributed by atoms with Gasteiger partial charge in [0.05, 0.1) is 28.1 Å². The van der Waals surface area contributed by atoms with Crippen molar-refractivity contribution >= 4 is 53.9 Å². The number of carbonyl (C=O) groups is 2. The number of nitrogens with zero attached hydrogens (tertiary/aromatic N) is 3. The molecule has 0 saturated carbocycles. The summed E-state index contributed by atoms with van der Waals surface area (Å²) >= 11 is 5.71. The average molecular weight is 689 g/mol. The zero-order chi connectivity index (χ0) is 35.0. The molecular weight excluding hydrogens is 654 g/mol. The lowest BCUT2D eigenvalue weighted by molar-refractivity contribution is -0.137. The number of nitrogens with one attached hydrogen (secondary N) is 2. The normalized spacial score (nSPS) is 13.5. The van der Waals surface area contributed by atoms with Gasteiger partial charge in [0.2, 0.25) is 0 Å². The first-order valence-electron chi connectivity index (χ1n) is 15.7. The van der Waals surface area contributed by atoms with E-state index in [4.69, 9.17) is 16.6 Å². The third kappa shape index (κ3) is 9.72. The van der Waals surface area contributed by atoms with E-state index in [1.165, 1.54) is 6.07 Å². The maximum Gasteiger partial charge on any atom is 0.417 e. The molecule has 253 valence electrons. The van der Waals surface area contributed by atoms with Crippen LogP contribution < -0.4 is 21.1 Å². The Hall–Kier alpha value is -4.65. The minimum absolute atomic E-state index is 0.0939. The molecule has 0 atom stereocenters. The van der Waals surface area contributed by atoms with Crippen LogP contribution in [-0.2, 0) is 19.3 Å². The minimum atomic E-state index is -4.64. The van der Waals surface area contributed by atoms with E-state index in [2.05, 4.69) is 25.6 Å². The minimum Gasteiger partial charge on any atom is -0.450 e. The van der Waals surface area contributed by atoms with Crippen LogP contribution in [0.2, 0.25) is 5.02 Å². The third-order valence-electron chi connectivity index (χ3n) is 8.12. The summed E-state index contributed by atoms with van der Waals surface area (Å²) in [6.07, 6.45) is -0.383. The number of hydrazone groups is 1. The second kappa shape index (κ2) is 16.2. The molecule has 1 heterocycles. The highest BCUT2D eigenvalue weighted by Crippen LogP contribution is 2.35. The summed E-state index contributed by atoms with van der Waals surface area (Å²) < 4.78 is 39.9. The van der Waals surface area contributed by atoms with Crippen molar-refractivity contribution in [3.63, 3.8) is 0 Å². The third-order valence-corrected chi connectivity index (χ3v) is 8.45. The Bertz CT molecular complexity index is 1810. The number of halogens is 4. The summed E-state index contributed by atoms with van der Waals surface area (Å²) in [5.74, 6) is -1.06. The highest BCUT2D eigenvalue weighted by molar-refractivity contribution is 6.45. The molecule has 3 N–H and O–H groups in total. The first kappa shape index (κ1) is 35.7. The van der Waals surface area contributed by atoms with Crippen molar-refractivity contribution < 1.29 is 27.8 Å². The molecule has 0 bridgehead atoms. The zero-order valence-electron chi connectivity index (χ0n) is 26.8. The number of amides is 2. The van der Waals surface area contributed by atoms with Crippen molar-refractivity contribution in [2.24, 2.45) is 5.10 Å². The molecule has 8 nitrogen and oxygen atoms in total. The van der Waals surface area contributed by atoms with Gasteiger partial charge in [-0.2, -0.15) is 18.3 Å². The van der Waals surface area contributed by atoms with Crippen LogP contribution >= 0.6 is 11.6 Å². The molecule has 1 fully saturated rings. The van der Waals surface area contributed by atoms with Gasteiger partial charge in [-0.1, -0.05) is 59.5 Å². The van der Waals surface area contributed by atoms with Crippen LogP contribution in [0.15, 0.2) is 90.0 Å². The van der Waals surface area contributed by atoms with Gasteiger partial charge in [0, 0.05) is 37.4 Å². The molecular formula is C36H35BClF3N5O3. The molecule has 5 rings (SSSR count). The van der Waals surface area contributed by atoms with Crippen molar-refractivity contribution in [2.45, 2.75) is 38.5 Å². The molecule has 1 aliphatic rings. The second-order valence-electron chi connectivity index (χ2n) is 11.9. The van der Waals surface area contributed by atoms with E-state index in [9.17, 15) is 22.8 Å². The topological polar surface area (TPSA) is 97.3 Å². The number of hydrogen-bond acceptors (Lipinski definition) is 6.